The molecule has 2 amide bonds. The second-order valence-corrected chi connectivity index (χ2v) is 3.86. The Morgan fingerprint density at radius 2 is 1.89 bits per heavy atom. The minimum absolute atomic E-state index is 0.0449. The van der Waals surface area contributed by atoms with Gasteiger partial charge in [0.15, 0.2) is 0 Å². The summed E-state index contributed by atoms with van der Waals surface area (Å²) in [5, 5.41) is 15.8. The molecule has 0 aliphatic carbocycles. The van der Waals surface area contributed by atoms with Gasteiger partial charge in [-0.1, -0.05) is 0 Å². The standard InChI is InChI=1S/C10H12N6O3/c1-5-7(4-11-16(5)3)10(18)13-9-8(12-6(2)17)14-19-15-9/h4H,1-3H3,(H,12,14,17)(H,13,15,18). The molecular formula is C10H12N6O3. The van der Waals surface area contributed by atoms with Crippen LogP contribution in [0.25, 0.3) is 0 Å². The van der Waals surface area contributed by atoms with Gasteiger partial charge in [-0.3, -0.25) is 14.3 Å². The summed E-state index contributed by atoms with van der Waals surface area (Å²) in [7, 11) is 1.73. The highest BCUT2D eigenvalue weighted by Gasteiger charge is 2.18. The Labute approximate surface area is 107 Å². The topological polar surface area (TPSA) is 115 Å². The lowest BCUT2D eigenvalue weighted by atomic mass is 10.2. The summed E-state index contributed by atoms with van der Waals surface area (Å²) in [6.45, 7) is 3.07. The maximum Gasteiger partial charge on any atom is 0.260 e. The number of aromatic nitrogens is 4. The first-order valence-corrected chi connectivity index (χ1v) is 5.39. The quantitative estimate of drug-likeness (QED) is 0.825. The molecule has 0 bridgehead atoms. The molecule has 0 fully saturated rings. The minimum Gasteiger partial charge on any atom is -0.305 e. The summed E-state index contributed by atoms with van der Waals surface area (Å²) in [4.78, 5) is 22.9. The van der Waals surface area contributed by atoms with Crippen LogP contribution < -0.4 is 10.6 Å². The zero-order chi connectivity index (χ0) is 14.0. The van der Waals surface area contributed by atoms with Gasteiger partial charge in [0.1, 0.15) is 0 Å². The second kappa shape index (κ2) is 4.88. The van der Waals surface area contributed by atoms with Gasteiger partial charge in [-0.25, -0.2) is 4.63 Å². The van der Waals surface area contributed by atoms with Gasteiger partial charge < -0.3 is 10.6 Å². The van der Waals surface area contributed by atoms with E-state index in [1.807, 2.05) is 0 Å². The highest BCUT2D eigenvalue weighted by atomic mass is 16.6. The molecule has 0 saturated heterocycles. The van der Waals surface area contributed by atoms with E-state index in [2.05, 4.69) is 30.7 Å². The Hall–Kier alpha value is -2.71. The lowest BCUT2D eigenvalue weighted by molar-refractivity contribution is -0.114. The normalized spacial score (nSPS) is 10.3. The van der Waals surface area contributed by atoms with E-state index in [9.17, 15) is 9.59 Å². The number of nitrogens with one attached hydrogen (secondary N) is 2. The summed E-state index contributed by atoms with van der Waals surface area (Å²) < 4.78 is 6.04. The fraction of sp³-hybridized carbons (Fsp3) is 0.300. The van der Waals surface area contributed by atoms with Gasteiger partial charge in [-0.05, 0) is 17.2 Å². The van der Waals surface area contributed by atoms with Crippen LogP contribution in [-0.2, 0) is 11.8 Å². The molecule has 2 heterocycles. The van der Waals surface area contributed by atoms with Crippen LogP contribution in [0.4, 0.5) is 11.6 Å². The van der Waals surface area contributed by atoms with Crippen LogP contribution in [0.3, 0.4) is 0 Å². The Kier molecular flexibility index (Phi) is 3.27. The summed E-state index contributed by atoms with van der Waals surface area (Å²) in [6.07, 6.45) is 1.44. The molecule has 0 aliphatic rings. The van der Waals surface area contributed by atoms with E-state index in [4.69, 9.17) is 0 Å². The Bertz CT molecular complexity index is 629. The van der Waals surface area contributed by atoms with Crippen LogP contribution in [0.5, 0.6) is 0 Å². The van der Waals surface area contributed by atoms with Crippen LogP contribution in [-0.4, -0.2) is 31.9 Å². The molecule has 2 aromatic rings. The summed E-state index contributed by atoms with van der Waals surface area (Å²) >= 11 is 0. The summed E-state index contributed by atoms with van der Waals surface area (Å²) in [6, 6.07) is 0. The van der Waals surface area contributed by atoms with Crippen molar-refractivity contribution in [3.63, 3.8) is 0 Å². The summed E-state index contributed by atoms with van der Waals surface area (Å²) in [5.74, 6) is -0.650. The number of rotatable bonds is 3. The van der Waals surface area contributed by atoms with E-state index in [0.717, 1.165) is 0 Å². The van der Waals surface area contributed by atoms with Crippen LogP contribution in [0.2, 0.25) is 0 Å². The number of amides is 2. The van der Waals surface area contributed by atoms with Crippen molar-refractivity contribution >= 4 is 23.5 Å². The monoisotopic (exact) mass is 264 g/mol. The predicted octanol–water partition coefficient (Wildman–Crippen LogP) is 0.322. The van der Waals surface area contributed by atoms with E-state index >= 15 is 0 Å². The zero-order valence-electron chi connectivity index (χ0n) is 10.6. The van der Waals surface area contributed by atoms with E-state index in [0.29, 0.717) is 11.3 Å². The van der Waals surface area contributed by atoms with E-state index in [1.165, 1.54) is 13.1 Å². The molecule has 0 unspecified atom stereocenters. The van der Waals surface area contributed by atoms with Crippen LogP contribution in [0.1, 0.15) is 23.0 Å². The maximum absolute atomic E-state index is 12.0. The number of nitrogens with zero attached hydrogens (tertiary/aromatic N) is 4. The van der Waals surface area contributed by atoms with Crippen molar-refractivity contribution in [1.82, 2.24) is 20.1 Å². The lowest BCUT2D eigenvalue weighted by Gasteiger charge is -2.02. The first kappa shape index (κ1) is 12.7. The number of aryl methyl sites for hydroxylation is 1. The minimum atomic E-state index is -0.409. The molecule has 0 radical (unpaired) electrons. The first-order chi connectivity index (χ1) is 8.99. The van der Waals surface area contributed by atoms with Gasteiger partial charge in [0.25, 0.3) is 5.91 Å². The lowest BCUT2D eigenvalue weighted by Crippen LogP contribution is -2.15. The smallest absolute Gasteiger partial charge is 0.260 e. The van der Waals surface area contributed by atoms with E-state index in [1.54, 1.807) is 18.7 Å². The second-order valence-electron chi connectivity index (χ2n) is 3.86. The highest BCUT2D eigenvalue weighted by molar-refractivity contribution is 6.06. The van der Waals surface area contributed by atoms with Crippen molar-refractivity contribution in [2.45, 2.75) is 13.8 Å². The Morgan fingerprint density at radius 3 is 2.42 bits per heavy atom. The largest absolute Gasteiger partial charge is 0.305 e. The van der Waals surface area contributed by atoms with Gasteiger partial charge in [0, 0.05) is 19.7 Å². The fourth-order valence-corrected chi connectivity index (χ4v) is 1.42. The van der Waals surface area contributed by atoms with Crippen molar-refractivity contribution in [2.75, 3.05) is 10.6 Å². The molecule has 9 nitrogen and oxygen atoms in total. The molecule has 0 spiro atoms. The molecule has 0 atom stereocenters. The number of carbonyl (C=O) groups excluding carboxylic acids is 2. The molecule has 9 heteroatoms. The SMILES string of the molecule is CC(=O)Nc1nonc1NC(=O)c1cnn(C)c1C. The van der Waals surface area contributed by atoms with Crippen LogP contribution in [0, 0.1) is 6.92 Å². The number of hydrogen-bond acceptors (Lipinski definition) is 6. The molecular weight excluding hydrogens is 252 g/mol. The van der Waals surface area contributed by atoms with Gasteiger partial charge in [0.2, 0.25) is 17.5 Å². The van der Waals surface area contributed by atoms with Crippen LogP contribution in [0.15, 0.2) is 10.8 Å². The Morgan fingerprint density at radius 1 is 1.26 bits per heavy atom. The molecule has 100 valence electrons. The van der Waals surface area contributed by atoms with Crippen molar-refractivity contribution < 1.29 is 14.2 Å². The first-order valence-electron chi connectivity index (χ1n) is 5.39. The number of hydrogen-bond donors (Lipinski definition) is 2. The van der Waals surface area contributed by atoms with E-state index < -0.39 is 5.91 Å². The Balaban J connectivity index is 2.18. The van der Waals surface area contributed by atoms with Gasteiger partial charge in [0.05, 0.1) is 11.8 Å². The molecule has 2 rings (SSSR count). The van der Waals surface area contributed by atoms with Gasteiger partial charge in [-0.15, -0.1) is 0 Å². The average molecular weight is 264 g/mol. The number of anilines is 2. The predicted molar refractivity (Wildman–Crippen MR) is 64.5 cm³/mol. The molecule has 19 heavy (non-hydrogen) atoms. The van der Waals surface area contributed by atoms with Crippen molar-refractivity contribution in [3.05, 3.63) is 17.5 Å². The third-order valence-electron chi connectivity index (χ3n) is 2.49. The molecule has 2 aromatic heterocycles. The fourth-order valence-electron chi connectivity index (χ4n) is 1.42. The van der Waals surface area contributed by atoms with Crippen molar-refractivity contribution in [1.29, 1.82) is 0 Å². The highest BCUT2D eigenvalue weighted by Crippen LogP contribution is 2.17. The molecule has 0 saturated carbocycles. The zero-order valence-corrected chi connectivity index (χ0v) is 10.6. The molecule has 2 N–H and O–H groups in total. The third kappa shape index (κ3) is 2.59. The van der Waals surface area contributed by atoms with Crippen LogP contribution >= 0.6 is 0 Å². The third-order valence-corrected chi connectivity index (χ3v) is 2.49. The van der Waals surface area contributed by atoms with Crippen molar-refractivity contribution in [3.8, 4) is 0 Å². The van der Waals surface area contributed by atoms with E-state index in [-0.39, 0.29) is 17.5 Å². The summed E-state index contributed by atoms with van der Waals surface area (Å²) in [5.41, 5.74) is 1.11. The van der Waals surface area contributed by atoms with Gasteiger partial charge in [-0.2, -0.15) is 5.10 Å². The molecule has 0 aliphatic heterocycles. The molecule has 0 aromatic carbocycles. The van der Waals surface area contributed by atoms with Gasteiger partial charge >= 0.3 is 0 Å². The number of carbonyl (C=O) groups is 2. The van der Waals surface area contributed by atoms with Crippen molar-refractivity contribution in [2.24, 2.45) is 7.05 Å². The maximum atomic E-state index is 12.0. The average Bonchev–Trinajstić information content (AvgIpc) is 2.88.